The van der Waals surface area contributed by atoms with Crippen molar-refractivity contribution in [1.29, 1.82) is 0 Å². The van der Waals surface area contributed by atoms with Gasteiger partial charge in [-0.2, -0.15) is 4.98 Å². The molecule has 0 saturated heterocycles. The number of hydrogen-bond acceptors (Lipinski definition) is 8. The lowest BCUT2D eigenvalue weighted by Gasteiger charge is -2.09. The van der Waals surface area contributed by atoms with Crippen LogP contribution < -0.4 is 0 Å². The highest BCUT2D eigenvalue weighted by atomic mass is 32.2. The van der Waals surface area contributed by atoms with Crippen LogP contribution >= 0.6 is 11.8 Å². The van der Waals surface area contributed by atoms with Crippen LogP contribution in [0.1, 0.15) is 34.8 Å². The van der Waals surface area contributed by atoms with Crippen molar-refractivity contribution in [2.24, 2.45) is 0 Å². The summed E-state index contributed by atoms with van der Waals surface area (Å²) in [6, 6.07) is 7.76. The number of nitrogens with zero attached hydrogens (tertiary/aromatic N) is 4. The minimum atomic E-state index is -0.330. The van der Waals surface area contributed by atoms with Gasteiger partial charge in [-0.3, -0.25) is 4.79 Å². The quantitative estimate of drug-likeness (QED) is 0.337. The summed E-state index contributed by atoms with van der Waals surface area (Å²) in [7, 11) is 0. The van der Waals surface area contributed by atoms with E-state index >= 15 is 0 Å². The number of hydrogen-bond donors (Lipinski definition) is 0. The average molecular weight is 398 g/mol. The molecule has 3 rings (SSSR count). The Morgan fingerprint density at radius 3 is 2.50 bits per heavy atom. The predicted octanol–water partition coefficient (Wildman–Crippen LogP) is 3.85. The SMILES string of the molecule is CSc1nc(C)c(CCC(=O)OCc2nc(-c3ccccc3C)no2)c(C)n1. The van der Waals surface area contributed by atoms with Crippen molar-refractivity contribution in [2.75, 3.05) is 6.26 Å². The second-order valence-electron chi connectivity index (χ2n) is 6.35. The highest BCUT2D eigenvalue weighted by molar-refractivity contribution is 7.98. The summed E-state index contributed by atoms with van der Waals surface area (Å²) in [6.07, 6.45) is 2.71. The third kappa shape index (κ3) is 4.75. The summed E-state index contributed by atoms with van der Waals surface area (Å²) < 4.78 is 10.5. The minimum absolute atomic E-state index is 0.0441. The fourth-order valence-electron chi connectivity index (χ4n) is 2.85. The first kappa shape index (κ1) is 20.0. The highest BCUT2D eigenvalue weighted by Crippen LogP contribution is 2.20. The maximum atomic E-state index is 12.1. The topological polar surface area (TPSA) is 91.0 Å². The first-order chi connectivity index (χ1) is 13.5. The molecule has 0 aliphatic carbocycles. The van der Waals surface area contributed by atoms with E-state index in [2.05, 4.69) is 20.1 Å². The van der Waals surface area contributed by atoms with Gasteiger partial charge in [0.25, 0.3) is 5.89 Å². The number of thioether (sulfide) groups is 1. The van der Waals surface area contributed by atoms with E-state index in [9.17, 15) is 4.79 Å². The van der Waals surface area contributed by atoms with Crippen LogP contribution in [0.3, 0.4) is 0 Å². The normalized spacial score (nSPS) is 10.9. The van der Waals surface area contributed by atoms with Crippen molar-refractivity contribution in [2.45, 2.75) is 45.4 Å². The van der Waals surface area contributed by atoms with Gasteiger partial charge in [0, 0.05) is 23.4 Å². The van der Waals surface area contributed by atoms with Crippen molar-refractivity contribution < 1.29 is 14.1 Å². The number of esters is 1. The maximum absolute atomic E-state index is 12.1. The molecular formula is C20H22N4O3S. The molecule has 0 unspecified atom stereocenters. The summed E-state index contributed by atoms with van der Waals surface area (Å²) in [4.78, 5) is 25.3. The molecule has 0 N–H and O–H groups in total. The molecule has 0 aliphatic heterocycles. The third-order valence-electron chi connectivity index (χ3n) is 4.37. The third-order valence-corrected chi connectivity index (χ3v) is 4.92. The Balaban J connectivity index is 1.55. The van der Waals surface area contributed by atoms with Crippen molar-refractivity contribution in [3.05, 3.63) is 52.7 Å². The summed E-state index contributed by atoms with van der Waals surface area (Å²) in [6.45, 7) is 5.80. The van der Waals surface area contributed by atoms with Crippen LogP contribution in [0, 0.1) is 20.8 Å². The van der Waals surface area contributed by atoms with Crippen LogP contribution in [0.4, 0.5) is 0 Å². The zero-order chi connectivity index (χ0) is 20.1. The van der Waals surface area contributed by atoms with Gasteiger partial charge in [-0.25, -0.2) is 9.97 Å². The molecule has 2 heterocycles. The molecule has 146 valence electrons. The fourth-order valence-corrected chi connectivity index (χ4v) is 3.31. The van der Waals surface area contributed by atoms with Crippen LogP contribution in [-0.2, 0) is 22.6 Å². The molecule has 3 aromatic rings. The van der Waals surface area contributed by atoms with Crippen molar-refractivity contribution in [3.63, 3.8) is 0 Å². The van der Waals surface area contributed by atoms with Crippen LogP contribution in [0.2, 0.25) is 0 Å². The van der Waals surface area contributed by atoms with Crippen LogP contribution in [-0.4, -0.2) is 32.3 Å². The largest absolute Gasteiger partial charge is 0.456 e. The number of aryl methyl sites for hydroxylation is 3. The number of ether oxygens (including phenoxy) is 1. The van der Waals surface area contributed by atoms with Gasteiger partial charge in [-0.15, -0.1) is 0 Å². The Morgan fingerprint density at radius 2 is 1.82 bits per heavy atom. The fraction of sp³-hybridized carbons (Fsp3) is 0.350. The summed E-state index contributed by atoms with van der Waals surface area (Å²) in [5.74, 6) is 0.427. The van der Waals surface area contributed by atoms with Gasteiger partial charge in [-0.1, -0.05) is 41.2 Å². The Morgan fingerprint density at radius 1 is 1.11 bits per heavy atom. The number of aromatic nitrogens is 4. The molecule has 0 amide bonds. The monoisotopic (exact) mass is 398 g/mol. The van der Waals surface area contributed by atoms with E-state index < -0.39 is 0 Å². The highest BCUT2D eigenvalue weighted by Gasteiger charge is 2.14. The van der Waals surface area contributed by atoms with Gasteiger partial charge < -0.3 is 9.26 Å². The second kappa shape index (κ2) is 8.97. The van der Waals surface area contributed by atoms with Crippen molar-refractivity contribution in [1.82, 2.24) is 20.1 Å². The van der Waals surface area contributed by atoms with Gasteiger partial charge in [0.15, 0.2) is 11.8 Å². The molecule has 0 spiro atoms. The number of benzene rings is 1. The van der Waals surface area contributed by atoms with E-state index in [-0.39, 0.29) is 24.9 Å². The van der Waals surface area contributed by atoms with Gasteiger partial charge >= 0.3 is 5.97 Å². The average Bonchev–Trinajstić information content (AvgIpc) is 3.14. The predicted molar refractivity (Wildman–Crippen MR) is 106 cm³/mol. The zero-order valence-corrected chi connectivity index (χ0v) is 17.2. The van der Waals surface area contributed by atoms with Gasteiger partial charge in [0.05, 0.1) is 0 Å². The molecule has 8 heteroatoms. The lowest BCUT2D eigenvalue weighted by molar-refractivity contribution is -0.145. The number of rotatable bonds is 7. The first-order valence-corrected chi connectivity index (χ1v) is 10.1. The summed E-state index contributed by atoms with van der Waals surface area (Å²) in [5.41, 5.74) is 4.71. The summed E-state index contributed by atoms with van der Waals surface area (Å²) in [5, 5.41) is 4.70. The second-order valence-corrected chi connectivity index (χ2v) is 7.12. The zero-order valence-electron chi connectivity index (χ0n) is 16.4. The van der Waals surface area contributed by atoms with Crippen LogP contribution in [0.15, 0.2) is 33.9 Å². The molecule has 1 aromatic carbocycles. The standard InChI is InChI=1S/C20H22N4O3S/c1-12-7-5-6-8-15(12)19-23-17(27-24-19)11-26-18(25)10-9-16-13(2)21-20(28-4)22-14(16)3/h5-8H,9-11H2,1-4H3. The maximum Gasteiger partial charge on any atom is 0.306 e. The van der Waals surface area contributed by atoms with Gasteiger partial charge in [0.2, 0.25) is 5.82 Å². The molecule has 0 atom stereocenters. The number of carbonyl (C=O) groups excluding carboxylic acids is 1. The Bertz CT molecular complexity index is 964. The van der Waals surface area contributed by atoms with Gasteiger partial charge in [-0.05, 0) is 44.6 Å². The van der Waals surface area contributed by atoms with Gasteiger partial charge in [0.1, 0.15) is 0 Å². The molecule has 0 saturated carbocycles. The molecule has 0 fully saturated rings. The van der Waals surface area contributed by atoms with E-state index in [4.69, 9.17) is 9.26 Å². The molecule has 7 nitrogen and oxygen atoms in total. The lowest BCUT2D eigenvalue weighted by atomic mass is 10.1. The van der Waals surface area contributed by atoms with E-state index in [1.54, 1.807) is 0 Å². The molecule has 0 bridgehead atoms. The minimum Gasteiger partial charge on any atom is -0.456 e. The van der Waals surface area contributed by atoms with Crippen molar-refractivity contribution >= 4 is 17.7 Å². The Labute approximate surface area is 167 Å². The smallest absolute Gasteiger partial charge is 0.306 e. The number of carbonyl (C=O) groups is 1. The molecule has 28 heavy (non-hydrogen) atoms. The van der Waals surface area contributed by atoms with E-state index in [0.29, 0.717) is 12.2 Å². The van der Waals surface area contributed by atoms with E-state index in [0.717, 1.165) is 33.2 Å². The van der Waals surface area contributed by atoms with E-state index in [1.807, 2.05) is 51.3 Å². The van der Waals surface area contributed by atoms with Crippen molar-refractivity contribution in [3.8, 4) is 11.4 Å². The Hall–Kier alpha value is -2.74. The molecular weight excluding hydrogens is 376 g/mol. The van der Waals surface area contributed by atoms with E-state index in [1.165, 1.54) is 11.8 Å². The first-order valence-electron chi connectivity index (χ1n) is 8.90. The molecule has 2 aromatic heterocycles. The van der Waals surface area contributed by atoms with Crippen LogP contribution in [0.5, 0.6) is 0 Å². The Kier molecular flexibility index (Phi) is 6.41. The molecule has 0 radical (unpaired) electrons. The summed E-state index contributed by atoms with van der Waals surface area (Å²) >= 11 is 1.50. The van der Waals surface area contributed by atoms with Crippen LogP contribution in [0.25, 0.3) is 11.4 Å². The lowest BCUT2D eigenvalue weighted by Crippen LogP contribution is -2.09. The molecule has 0 aliphatic rings.